The SMILES string of the molecule is O=C(NCc1ccc(N2CCCCCC2)cc1Cl)Nc1cccc2[nH]ncc12. The van der Waals surface area contributed by atoms with E-state index in [4.69, 9.17) is 11.6 Å². The minimum Gasteiger partial charge on any atom is -0.371 e. The lowest BCUT2D eigenvalue weighted by Gasteiger charge is -2.23. The fraction of sp³-hybridized carbons (Fsp3) is 0.333. The summed E-state index contributed by atoms with van der Waals surface area (Å²) in [5, 5.41) is 14.2. The zero-order valence-electron chi connectivity index (χ0n) is 15.7. The maximum atomic E-state index is 12.3. The Morgan fingerprint density at radius 1 is 1.14 bits per heavy atom. The Bertz CT molecular complexity index is 962. The van der Waals surface area contributed by atoms with Crippen LogP contribution in [0.25, 0.3) is 10.9 Å². The summed E-state index contributed by atoms with van der Waals surface area (Å²) in [5.41, 5.74) is 3.65. The Morgan fingerprint density at radius 2 is 1.96 bits per heavy atom. The number of urea groups is 1. The standard InChI is InChI=1S/C21H24ClN5O/c22-18-12-16(27-10-3-1-2-4-11-27)9-8-15(18)13-23-21(28)25-19-6-5-7-20-17(19)14-24-26-20/h5-9,12,14H,1-4,10-11,13H2,(H,24,26)(H2,23,25,28). The van der Waals surface area contributed by atoms with Crippen molar-refractivity contribution in [3.63, 3.8) is 0 Å². The molecule has 0 radical (unpaired) electrons. The van der Waals surface area contributed by atoms with Crippen LogP contribution in [0.3, 0.4) is 0 Å². The molecule has 1 aromatic heterocycles. The molecule has 1 aliphatic heterocycles. The molecule has 0 bridgehead atoms. The lowest BCUT2D eigenvalue weighted by molar-refractivity contribution is 0.252. The van der Waals surface area contributed by atoms with E-state index in [9.17, 15) is 4.79 Å². The number of benzene rings is 2. The van der Waals surface area contributed by atoms with E-state index in [0.29, 0.717) is 17.3 Å². The summed E-state index contributed by atoms with van der Waals surface area (Å²) in [7, 11) is 0. The molecule has 7 heteroatoms. The minimum atomic E-state index is -0.277. The maximum Gasteiger partial charge on any atom is 0.319 e. The van der Waals surface area contributed by atoms with Gasteiger partial charge in [-0.15, -0.1) is 0 Å². The van der Waals surface area contributed by atoms with Gasteiger partial charge in [0.05, 0.1) is 17.4 Å². The smallest absolute Gasteiger partial charge is 0.319 e. The summed E-state index contributed by atoms with van der Waals surface area (Å²) in [6.07, 6.45) is 6.75. The van der Waals surface area contributed by atoms with Gasteiger partial charge in [-0.3, -0.25) is 5.10 Å². The summed E-state index contributed by atoms with van der Waals surface area (Å²) in [4.78, 5) is 14.7. The van der Waals surface area contributed by atoms with Crippen molar-refractivity contribution in [1.29, 1.82) is 0 Å². The molecule has 28 heavy (non-hydrogen) atoms. The topological polar surface area (TPSA) is 73.1 Å². The van der Waals surface area contributed by atoms with Gasteiger partial charge in [-0.05, 0) is 42.7 Å². The highest BCUT2D eigenvalue weighted by Crippen LogP contribution is 2.26. The normalized spacial score (nSPS) is 14.7. The number of anilines is 2. The predicted molar refractivity (Wildman–Crippen MR) is 114 cm³/mol. The largest absolute Gasteiger partial charge is 0.371 e. The zero-order valence-corrected chi connectivity index (χ0v) is 16.4. The van der Waals surface area contributed by atoms with Crippen LogP contribution in [0.2, 0.25) is 5.02 Å². The molecule has 0 unspecified atom stereocenters. The first-order valence-electron chi connectivity index (χ1n) is 9.71. The van der Waals surface area contributed by atoms with Crippen LogP contribution in [0.4, 0.5) is 16.2 Å². The van der Waals surface area contributed by atoms with Gasteiger partial charge in [0.25, 0.3) is 0 Å². The van der Waals surface area contributed by atoms with Crippen molar-refractivity contribution >= 4 is 39.9 Å². The molecule has 3 N–H and O–H groups in total. The van der Waals surface area contributed by atoms with Crippen LogP contribution in [0.1, 0.15) is 31.2 Å². The Balaban J connectivity index is 1.37. The Kier molecular flexibility index (Phi) is 5.67. The molecule has 0 saturated carbocycles. The first-order valence-corrected chi connectivity index (χ1v) is 10.1. The molecular formula is C21H24ClN5O. The Morgan fingerprint density at radius 3 is 2.75 bits per heavy atom. The van der Waals surface area contributed by atoms with Crippen molar-refractivity contribution in [1.82, 2.24) is 15.5 Å². The number of amides is 2. The van der Waals surface area contributed by atoms with Crippen LogP contribution in [-0.4, -0.2) is 29.3 Å². The highest BCUT2D eigenvalue weighted by molar-refractivity contribution is 6.31. The molecule has 1 saturated heterocycles. The molecule has 0 spiro atoms. The van der Waals surface area contributed by atoms with Crippen LogP contribution in [0.15, 0.2) is 42.6 Å². The van der Waals surface area contributed by atoms with Gasteiger partial charge in [0, 0.05) is 35.7 Å². The molecule has 0 aliphatic carbocycles. The van der Waals surface area contributed by atoms with E-state index >= 15 is 0 Å². The number of carbonyl (C=O) groups is 1. The van der Waals surface area contributed by atoms with Crippen molar-refractivity contribution in [2.24, 2.45) is 0 Å². The average molecular weight is 398 g/mol. The second-order valence-electron chi connectivity index (χ2n) is 7.12. The average Bonchev–Trinajstić information content (AvgIpc) is 3.02. The fourth-order valence-corrected chi connectivity index (χ4v) is 3.87. The predicted octanol–water partition coefficient (Wildman–Crippen LogP) is 4.92. The molecule has 2 heterocycles. The van der Waals surface area contributed by atoms with Gasteiger partial charge in [-0.2, -0.15) is 5.10 Å². The number of nitrogens with one attached hydrogen (secondary N) is 3. The van der Waals surface area contributed by atoms with Gasteiger partial charge in [-0.25, -0.2) is 4.79 Å². The number of hydrogen-bond acceptors (Lipinski definition) is 3. The van der Waals surface area contributed by atoms with Gasteiger partial charge < -0.3 is 15.5 Å². The van der Waals surface area contributed by atoms with Crippen molar-refractivity contribution in [2.75, 3.05) is 23.3 Å². The van der Waals surface area contributed by atoms with E-state index in [1.165, 1.54) is 25.7 Å². The van der Waals surface area contributed by atoms with Gasteiger partial charge in [0.1, 0.15) is 0 Å². The molecule has 1 fully saturated rings. The number of fused-ring (bicyclic) bond motifs is 1. The molecule has 6 nitrogen and oxygen atoms in total. The number of nitrogens with zero attached hydrogens (tertiary/aromatic N) is 2. The third-order valence-electron chi connectivity index (χ3n) is 5.18. The quantitative estimate of drug-likeness (QED) is 0.585. The van der Waals surface area contributed by atoms with Crippen LogP contribution < -0.4 is 15.5 Å². The highest BCUT2D eigenvalue weighted by atomic mass is 35.5. The summed E-state index contributed by atoms with van der Waals surface area (Å²) in [6, 6.07) is 11.5. The van der Waals surface area contributed by atoms with Gasteiger partial charge >= 0.3 is 6.03 Å². The number of rotatable bonds is 4. The highest BCUT2D eigenvalue weighted by Gasteiger charge is 2.12. The molecule has 146 valence electrons. The van der Waals surface area contributed by atoms with Crippen molar-refractivity contribution < 1.29 is 4.79 Å². The zero-order chi connectivity index (χ0) is 19.3. The van der Waals surface area contributed by atoms with Crippen molar-refractivity contribution in [3.05, 3.63) is 53.2 Å². The lowest BCUT2D eigenvalue weighted by Crippen LogP contribution is -2.28. The van der Waals surface area contributed by atoms with E-state index in [0.717, 1.165) is 35.2 Å². The van der Waals surface area contributed by atoms with Gasteiger partial charge in [-0.1, -0.05) is 36.6 Å². The molecule has 2 amide bonds. The van der Waals surface area contributed by atoms with E-state index in [1.54, 1.807) is 6.20 Å². The van der Waals surface area contributed by atoms with Crippen molar-refractivity contribution in [2.45, 2.75) is 32.2 Å². The van der Waals surface area contributed by atoms with Crippen molar-refractivity contribution in [3.8, 4) is 0 Å². The molecule has 4 rings (SSSR count). The molecule has 0 atom stereocenters. The lowest BCUT2D eigenvalue weighted by atomic mass is 10.2. The summed E-state index contributed by atoms with van der Waals surface area (Å²) in [5.74, 6) is 0. The van der Waals surface area contributed by atoms with Gasteiger partial charge in [0.15, 0.2) is 0 Å². The van der Waals surface area contributed by atoms with E-state index in [2.05, 4.69) is 31.8 Å². The van der Waals surface area contributed by atoms with E-state index in [1.807, 2.05) is 30.3 Å². The third-order valence-corrected chi connectivity index (χ3v) is 5.53. The second kappa shape index (κ2) is 8.52. The monoisotopic (exact) mass is 397 g/mol. The number of hydrogen-bond donors (Lipinski definition) is 3. The fourth-order valence-electron chi connectivity index (χ4n) is 3.62. The molecular weight excluding hydrogens is 374 g/mol. The molecule has 1 aliphatic rings. The summed E-state index contributed by atoms with van der Waals surface area (Å²) in [6.45, 7) is 2.53. The van der Waals surface area contributed by atoms with Crippen LogP contribution in [0.5, 0.6) is 0 Å². The van der Waals surface area contributed by atoms with E-state index < -0.39 is 0 Å². The summed E-state index contributed by atoms with van der Waals surface area (Å²) >= 11 is 6.49. The number of aromatic amines is 1. The van der Waals surface area contributed by atoms with Crippen LogP contribution >= 0.6 is 11.6 Å². The van der Waals surface area contributed by atoms with Gasteiger partial charge in [0.2, 0.25) is 0 Å². The second-order valence-corrected chi connectivity index (χ2v) is 7.53. The Labute approximate surface area is 169 Å². The first-order chi connectivity index (χ1) is 13.7. The summed E-state index contributed by atoms with van der Waals surface area (Å²) < 4.78 is 0. The van der Waals surface area contributed by atoms with Crippen LogP contribution in [-0.2, 0) is 6.54 Å². The third kappa shape index (κ3) is 4.22. The number of H-pyrrole nitrogens is 1. The number of halogens is 1. The van der Waals surface area contributed by atoms with Crippen LogP contribution in [0, 0.1) is 0 Å². The minimum absolute atomic E-state index is 0.277. The Hall–Kier alpha value is -2.73. The first kappa shape index (κ1) is 18.6. The number of aromatic nitrogens is 2. The molecule has 3 aromatic rings. The molecule has 2 aromatic carbocycles. The van der Waals surface area contributed by atoms with E-state index in [-0.39, 0.29) is 6.03 Å². The maximum absolute atomic E-state index is 12.3. The number of carbonyl (C=O) groups excluding carboxylic acids is 1.